The van der Waals surface area contributed by atoms with E-state index in [0.29, 0.717) is 0 Å². The van der Waals surface area contributed by atoms with Crippen LogP contribution in [0.2, 0.25) is 0 Å². The quantitative estimate of drug-likeness (QED) is 0.714. The van der Waals surface area contributed by atoms with Crippen LogP contribution >= 0.6 is 0 Å². The summed E-state index contributed by atoms with van der Waals surface area (Å²) in [6.07, 6.45) is 8.20. The molecule has 1 aromatic carbocycles. The molecule has 0 saturated carbocycles. The van der Waals surface area contributed by atoms with E-state index in [4.69, 9.17) is 4.74 Å². The molecule has 0 aliphatic carbocycles. The van der Waals surface area contributed by atoms with Crippen molar-refractivity contribution in [3.05, 3.63) is 30.3 Å². The summed E-state index contributed by atoms with van der Waals surface area (Å²) in [6.45, 7) is 5.89. The highest BCUT2D eigenvalue weighted by molar-refractivity contribution is 5.20. The smallest absolute Gasteiger partial charge is 0.119 e. The fraction of sp³-hybridized carbons (Fsp3) is 0.700. The summed E-state index contributed by atoms with van der Waals surface area (Å²) in [4.78, 5) is 5.29. The first-order valence-electron chi connectivity index (χ1n) is 9.43. The van der Waals surface area contributed by atoms with Crippen molar-refractivity contribution in [2.24, 2.45) is 5.92 Å². The largest absolute Gasteiger partial charge is 0.494 e. The van der Waals surface area contributed by atoms with Gasteiger partial charge in [0.25, 0.3) is 0 Å². The summed E-state index contributed by atoms with van der Waals surface area (Å²) in [6, 6.07) is 11.0. The number of ether oxygens (including phenoxy) is 1. The second-order valence-corrected chi connectivity index (χ2v) is 7.28. The molecule has 1 aromatic rings. The molecule has 2 atom stereocenters. The number of hydrogen-bond donors (Lipinski definition) is 0. The molecule has 0 N–H and O–H groups in total. The van der Waals surface area contributed by atoms with Crippen molar-refractivity contribution in [2.75, 3.05) is 39.8 Å². The lowest BCUT2D eigenvalue weighted by molar-refractivity contribution is 0.0439. The molecule has 0 spiro atoms. The maximum Gasteiger partial charge on any atom is 0.119 e. The van der Waals surface area contributed by atoms with Crippen LogP contribution in [0.3, 0.4) is 0 Å². The van der Waals surface area contributed by atoms with Gasteiger partial charge in [-0.1, -0.05) is 24.6 Å². The molecule has 2 saturated heterocycles. The van der Waals surface area contributed by atoms with Gasteiger partial charge in [0.1, 0.15) is 5.75 Å². The second-order valence-electron chi connectivity index (χ2n) is 7.28. The minimum Gasteiger partial charge on any atom is -0.494 e. The average Bonchev–Trinajstić information content (AvgIpc) is 2.60. The molecular formula is C20H32N2O. The molecule has 3 nitrogen and oxygen atoms in total. The SMILES string of the molecule is CN(CCCOc1ccccc1)C[C@@H]1CCCN2CCCC[C@H]12. The molecule has 3 rings (SSSR count). The van der Waals surface area contributed by atoms with Crippen molar-refractivity contribution in [1.29, 1.82) is 0 Å². The number of piperidine rings is 2. The van der Waals surface area contributed by atoms with Gasteiger partial charge in [0.05, 0.1) is 6.61 Å². The second kappa shape index (κ2) is 8.70. The van der Waals surface area contributed by atoms with Crippen molar-refractivity contribution in [1.82, 2.24) is 9.80 Å². The van der Waals surface area contributed by atoms with Crippen LogP contribution in [0.4, 0.5) is 0 Å². The summed E-state index contributed by atoms with van der Waals surface area (Å²) < 4.78 is 5.80. The van der Waals surface area contributed by atoms with Gasteiger partial charge in [-0.05, 0) is 70.3 Å². The molecule has 128 valence electrons. The lowest BCUT2D eigenvalue weighted by Gasteiger charge is -2.45. The van der Waals surface area contributed by atoms with Crippen LogP contribution in [0.25, 0.3) is 0 Å². The third kappa shape index (κ3) is 4.95. The zero-order valence-electron chi connectivity index (χ0n) is 14.6. The van der Waals surface area contributed by atoms with E-state index >= 15 is 0 Å². The van der Waals surface area contributed by atoms with Gasteiger partial charge in [-0.2, -0.15) is 0 Å². The zero-order valence-corrected chi connectivity index (χ0v) is 14.6. The molecule has 0 unspecified atom stereocenters. The Bertz CT molecular complexity index is 448. The molecule has 0 radical (unpaired) electrons. The Kier molecular flexibility index (Phi) is 6.35. The predicted octanol–water partition coefficient (Wildman–Crippen LogP) is 3.65. The van der Waals surface area contributed by atoms with Crippen molar-refractivity contribution in [2.45, 2.75) is 44.6 Å². The molecule has 0 aromatic heterocycles. The van der Waals surface area contributed by atoms with E-state index in [1.54, 1.807) is 0 Å². The van der Waals surface area contributed by atoms with E-state index < -0.39 is 0 Å². The average molecular weight is 316 g/mol. The molecule has 2 aliphatic heterocycles. The number of para-hydroxylation sites is 1. The van der Waals surface area contributed by atoms with Gasteiger partial charge in [0.2, 0.25) is 0 Å². The maximum atomic E-state index is 5.80. The Hall–Kier alpha value is -1.06. The van der Waals surface area contributed by atoms with Crippen LogP contribution in [0.15, 0.2) is 30.3 Å². The summed E-state index contributed by atoms with van der Waals surface area (Å²) in [7, 11) is 2.28. The maximum absolute atomic E-state index is 5.80. The van der Waals surface area contributed by atoms with Crippen molar-refractivity contribution >= 4 is 0 Å². The summed E-state index contributed by atoms with van der Waals surface area (Å²) in [5, 5.41) is 0. The highest BCUT2D eigenvalue weighted by Gasteiger charge is 2.33. The normalized spacial score (nSPS) is 25.3. The van der Waals surface area contributed by atoms with E-state index in [0.717, 1.165) is 37.3 Å². The number of nitrogens with zero attached hydrogens (tertiary/aromatic N) is 2. The van der Waals surface area contributed by atoms with Gasteiger partial charge in [-0.25, -0.2) is 0 Å². The van der Waals surface area contributed by atoms with Crippen LogP contribution < -0.4 is 4.74 Å². The lowest BCUT2D eigenvalue weighted by atomic mass is 9.83. The number of hydrogen-bond acceptors (Lipinski definition) is 3. The van der Waals surface area contributed by atoms with Gasteiger partial charge in [0.15, 0.2) is 0 Å². The highest BCUT2D eigenvalue weighted by atomic mass is 16.5. The van der Waals surface area contributed by atoms with E-state index in [9.17, 15) is 0 Å². The molecule has 2 heterocycles. The van der Waals surface area contributed by atoms with Gasteiger partial charge in [-0.15, -0.1) is 0 Å². The van der Waals surface area contributed by atoms with E-state index in [-0.39, 0.29) is 0 Å². The first-order chi connectivity index (χ1) is 11.3. The number of benzene rings is 1. The summed E-state index contributed by atoms with van der Waals surface area (Å²) in [5.74, 6) is 1.87. The lowest BCUT2D eigenvalue weighted by Crippen LogP contribution is -2.50. The van der Waals surface area contributed by atoms with Crippen LogP contribution in [0.5, 0.6) is 5.75 Å². The third-order valence-corrected chi connectivity index (χ3v) is 5.47. The Morgan fingerprint density at radius 1 is 1.09 bits per heavy atom. The minimum atomic E-state index is 0.814. The van der Waals surface area contributed by atoms with Crippen molar-refractivity contribution < 1.29 is 4.74 Å². The predicted molar refractivity (Wildman–Crippen MR) is 96.0 cm³/mol. The zero-order chi connectivity index (χ0) is 15.9. The fourth-order valence-corrected chi connectivity index (χ4v) is 4.32. The first-order valence-corrected chi connectivity index (χ1v) is 9.43. The van der Waals surface area contributed by atoms with Crippen LogP contribution in [0.1, 0.15) is 38.5 Å². The number of fused-ring (bicyclic) bond motifs is 1. The highest BCUT2D eigenvalue weighted by Crippen LogP contribution is 2.31. The molecule has 0 amide bonds. The molecule has 3 heteroatoms. The minimum absolute atomic E-state index is 0.814. The Morgan fingerprint density at radius 3 is 2.78 bits per heavy atom. The Morgan fingerprint density at radius 2 is 1.91 bits per heavy atom. The first kappa shape index (κ1) is 16.8. The fourth-order valence-electron chi connectivity index (χ4n) is 4.32. The molecule has 2 fully saturated rings. The molecule has 23 heavy (non-hydrogen) atoms. The molecular weight excluding hydrogens is 284 g/mol. The summed E-state index contributed by atoms with van der Waals surface area (Å²) in [5.41, 5.74) is 0. The Labute approximate surface area is 141 Å². The van der Waals surface area contributed by atoms with Crippen LogP contribution in [0, 0.1) is 5.92 Å². The van der Waals surface area contributed by atoms with E-state index in [2.05, 4.69) is 16.8 Å². The van der Waals surface area contributed by atoms with Gasteiger partial charge >= 0.3 is 0 Å². The van der Waals surface area contributed by atoms with E-state index in [1.807, 2.05) is 30.3 Å². The van der Waals surface area contributed by atoms with Gasteiger partial charge < -0.3 is 14.5 Å². The molecule has 2 aliphatic rings. The van der Waals surface area contributed by atoms with Gasteiger partial charge in [-0.3, -0.25) is 0 Å². The van der Waals surface area contributed by atoms with Crippen LogP contribution in [-0.2, 0) is 0 Å². The summed E-state index contributed by atoms with van der Waals surface area (Å²) >= 11 is 0. The standard InChI is InChI=1S/C20H32N2O/c1-21(13-8-16-23-19-10-3-2-4-11-19)17-18-9-7-15-22-14-6-5-12-20(18)22/h2-4,10-11,18,20H,5-9,12-17H2,1H3/t18-,20+/m0/s1. The van der Waals surface area contributed by atoms with Gasteiger partial charge in [0, 0.05) is 19.1 Å². The number of rotatable bonds is 7. The van der Waals surface area contributed by atoms with Crippen LogP contribution in [-0.4, -0.2) is 55.7 Å². The monoisotopic (exact) mass is 316 g/mol. The van der Waals surface area contributed by atoms with E-state index in [1.165, 1.54) is 51.7 Å². The topological polar surface area (TPSA) is 15.7 Å². The van der Waals surface area contributed by atoms with Crippen molar-refractivity contribution in [3.63, 3.8) is 0 Å². The Balaban J connectivity index is 1.36. The third-order valence-electron chi connectivity index (χ3n) is 5.47. The molecule has 0 bridgehead atoms. The van der Waals surface area contributed by atoms with Crippen molar-refractivity contribution in [3.8, 4) is 5.75 Å².